The molecule has 0 unspecified atom stereocenters. The van der Waals surface area contributed by atoms with Gasteiger partial charge in [0.1, 0.15) is 18.3 Å². The second-order valence-electron chi connectivity index (χ2n) is 4.24. The third kappa shape index (κ3) is 3.61. The molecule has 2 N–H and O–H groups in total. The maximum absolute atomic E-state index is 13.9. The molecule has 0 saturated carbocycles. The minimum atomic E-state index is -0.497. The van der Waals surface area contributed by atoms with E-state index in [0.717, 1.165) is 0 Å². The number of aliphatic hydroxyl groups excluding tert-OH is 1. The first-order valence-electron chi connectivity index (χ1n) is 6.26. The van der Waals surface area contributed by atoms with Crippen molar-refractivity contribution in [2.45, 2.75) is 19.3 Å². The van der Waals surface area contributed by atoms with Crippen molar-refractivity contribution in [2.24, 2.45) is 0 Å². The highest BCUT2D eigenvalue weighted by molar-refractivity contribution is 5.90. The molecule has 1 aromatic carbocycles. The molecule has 0 fully saturated rings. The van der Waals surface area contributed by atoms with Crippen LogP contribution in [0.2, 0.25) is 0 Å². The number of carbonyl (C=O) groups excluding carboxylic acids is 1. The van der Waals surface area contributed by atoms with Gasteiger partial charge < -0.3 is 10.4 Å². The number of benzene rings is 1. The largest absolute Gasteiger partial charge is 0.396 e. The fourth-order valence-electron chi connectivity index (χ4n) is 1.72. The Labute approximate surface area is 115 Å². The van der Waals surface area contributed by atoms with Gasteiger partial charge in [0.25, 0.3) is 0 Å². The van der Waals surface area contributed by atoms with E-state index in [-0.39, 0.29) is 18.2 Å². The number of amides is 1. The van der Waals surface area contributed by atoms with Gasteiger partial charge in [-0.1, -0.05) is 0 Å². The minimum absolute atomic E-state index is 0.0640. The first-order chi connectivity index (χ1) is 9.70. The first kappa shape index (κ1) is 14.1. The summed E-state index contributed by atoms with van der Waals surface area (Å²) in [6.45, 7) is 0.0640. The summed E-state index contributed by atoms with van der Waals surface area (Å²) in [4.78, 5) is 15.3. The highest BCUT2D eigenvalue weighted by Gasteiger charge is 2.08. The molecular formula is C13H15FN4O2. The van der Waals surface area contributed by atoms with Crippen LogP contribution >= 0.6 is 0 Å². The van der Waals surface area contributed by atoms with Crippen LogP contribution in [0.4, 0.5) is 10.1 Å². The number of hydrogen-bond donors (Lipinski definition) is 2. The average molecular weight is 278 g/mol. The SMILES string of the molecule is O=C(CCCCO)Nc1ccc(-n2cncn2)c(F)c1. The molecule has 0 spiro atoms. The Morgan fingerprint density at radius 3 is 2.90 bits per heavy atom. The van der Waals surface area contributed by atoms with Crippen molar-refractivity contribution in [1.29, 1.82) is 0 Å². The smallest absolute Gasteiger partial charge is 0.224 e. The molecule has 2 rings (SSSR count). The highest BCUT2D eigenvalue weighted by Crippen LogP contribution is 2.17. The van der Waals surface area contributed by atoms with Gasteiger partial charge in [0.2, 0.25) is 5.91 Å². The van der Waals surface area contributed by atoms with E-state index in [1.165, 1.54) is 29.5 Å². The van der Waals surface area contributed by atoms with Crippen LogP contribution in [0.15, 0.2) is 30.9 Å². The lowest BCUT2D eigenvalue weighted by molar-refractivity contribution is -0.116. The predicted octanol–water partition coefficient (Wildman–Crippen LogP) is 1.51. The van der Waals surface area contributed by atoms with Crippen LogP contribution in [0.25, 0.3) is 5.69 Å². The summed E-state index contributed by atoms with van der Waals surface area (Å²) in [6.07, 6.45) is 4.18. The number of aromatic nitrogens is 3. The molecule has 20 heavy (non-hydrogen) atoms. The van der Waals surface area contributed by atoms with Crippen molar-refractivity contribution in [2.75, 3.05) is 11.9 Å². The third-order valence-electron chi connectivity index (χ3n) is 2.71. The van der Waals surface area contributed by atoms with E-state index in [4.69, 9.17) is 5.11 Å². The quantitative estimate of drug-likeness (QED) is 0.785. The molecule has 6 nitrogen and oxygen atoms in total. The van der Waals surface area contributed by atoms with Gasteiger partial charge in [0.15, 0.2) is 5.82 Å². The van der Waals surface area contributed by atoms with Gasteiger partial charge >= 0.3 is 0 Å². The molecule has 2 aromatic rings. The predicted molar refractivity (Wildman–Crippen MR) is 70.9 cm³/mol. The van der Waals surface area contributed by atoms with Gasteiger partial charge in [-0.05, 0) is 31.0 Å². The molecule has 106 valence electrons. The van der Waals surface area contributed by atoms with E-state index < -0.39 is 5.82 Å². The molecule has 0 aliphatic carbocycles. The molecule has 0 bridgehead atoms. The van der Waals surface area contributed by atoms with Gasteiger partial charge in [0.05, 0.1) is 0 Å². The molecule has 0 aliphatic rings. The summed E-state index contributed by atoms with van der Waals surface area (Å²) >= 11 is 0. The normalized spacial score (nSPS) is 10.5. The number of hydrogen-bond acceptors (Lipinski definition) is 4. The van der Waals surface area contributed by atoms with Crippen LogP contribution in [0.1, 0.15) is 19.3 Å². The lowest BCUT2D eigenvalue weighted by Crippen LogP contribution is -2.12. The molecule has 1 aromatic heterocycles. The number of carbonyl (C=O) groups is 1. The molecule has 0 radical (unpaired) electrons. The number of nitrogens with zero attached hydrogens (tertiary/aromatic N) is 3. The van der Waals surface area contributed by atoms with Crippen LogP contribution in [-0.4, -0.2) is 32.4 Å². The van der Waals surface area contributed by atoms with Crippen LogP contribution in [0.5, 0.6) is 0 Å². The monoisotopic (exact) mass is 278 g/mol. The maximum Gasteiger partial charge on any atom is 0.224 e. The van der Waals surface area contributed by atoms with E-state index >= 15 is 0 Å². The Balaban J connectivity index is 2.00. The summed E-state index contributed by atoms with van der Waals surface area (Å²) in [6, 6.07) is 4.36. The zero-order valence-electron chi connectivity index (χ0n) is 10.8. The summed E-state index contributed by atoms with van der Waals surface area (Å²) in [7, 11) is 0. The van der Waals surface area contributed by atoms with Crippen molar-refractivity contribution in [1.82, 2.24) is 14.8 Å². The van der Waals surface area contributed by atoms with Gasteiger partial charge in [-0.15, -0.1) is 0 Å². The van der Waals surface area contributed by atoms with Gasteiger partial charge in [-0.3, -0.25) is 4.79 Å². The van der Waals surface area contributed by atoms with Gasteiger partial charge in [0, 0.05) is 18.7 Å². The number of nitrogens with one attached hydrogen (secondary N) is 1. The second kappa shape index (κ2) is 6.76. The van der Waals surface area contributed by atoms with Crippen LogP contribution in [0, 0.1) is 5.82 Å². The number of unbranched alkanes of at least 4 members (excludes halogenated alkanes) is 1. The van der Waals surface area contributed by atoms with E-state index in [9.17, 15) is 9.18 Å². The Kier molecular flexibility index (Phi) is 4.78. The lowest BCUT2D eigenvalue weighted by Gasteiger charge is -2.07. The molecule has 1 amide bonds. The Morgan fingerprint density at radius 2 is 2.25 bits per heavy atom. The fourth-order valence-corrected chi connectivity index (χ4v) is 1.72. The number of halogens is 1. The van der Waals surface area contributed by atoms with Crippen LogP contribution in [-0.2, 0) is 4.79 Å². The molecule has 0 saturated heterocycles. The van der Waals surface area contributed by atoms with E-state index in [1.54, 1.807) is 6.07 Å². The van der Waals surface area contributed by atoms with Crippen molar-refractivity contribution < 1.29 is 14.3 Å². The first-order valence-corrected chi connectivity index (χ1v) is 6.26. The minimum Gasteiger partial charge on any atom is -0.396 e. The standard InChI is InChI=1S/C13H15FN4O2/c14-11-7-10(17-13(20)3-1-2-6-19)4-5-12(11)18-9-15-8-16-18/h4-5,7-9,19H,1-3,6H2,(H,17,20). The number of anilines is 1. The molecule has 7 heteroatoms. The number of aliphatic hydroxyl groups is 1. The lowest BCUT2D eigenvalue weighted by atomic mass is 10.2. The zero-order valence-corrected chi connectivity index (χ0v) is 10.8. The van der Waals surface area contributed by atoms with Crippen molar-refractivity contribution in [3.8, 4) is 5.69 Å². The molecule has 0 atom stereocenters. The molecule has 0 aliphatic heterocycles. The van der Waals surface area contributed by atoms with E-state index in [0.29, 0.717) is 24.9 Å². The highest BCUT2D eigenvalue weighted by atomic mass is 19.1. The Morgan fingerprint density at radius 1 is 1.40 bits per heavy atom. The second-order valence-corrected chi connectivity index (χ2v) is 4.24. The van der Waals surface area contributed by atoms with Crippen LogP contribution < -0.4 is 5.32 Å². The van der Waals surface area contributed by atoms with Crippen molar-refractivity contribution in [3.63, 3.8) is 0 Å². The van der Waals surface area contributed by atoms with E-state index in [2.05, 4.69) is 15.4 Å². The van der Waals surface area contributed by atoms with Gasteiger partial charge in [-0.25, -0.2) is 14.1 Å². The summed E-state index contributed by atoms with van der Waals surface area (Å²) < 4.78 is 15.2. The van der Waals surface area contributed by atoms with Crippen molar-refractivity contribution in [3.05, 3.63) is 36.7 Å². The summed E-state index contributed by atoms with van der Waals surface area (Å²) in [5, 5.41) is 15.1. The van der Waals surface area contributed by atoms with E-state index in [1.807, 2.05) is 0 Å². The Hall–Kier alpha value is -2.28. The summed E-state index contributed by atoms with van der Waals surface area (Å²) in [5.74, 6) is -0.699. The maximum atomic E-state index is 13.9. The average Bonchev–Trinajstić information content (AvgIpc) is 2.93. The van der Waals surface area contributed by atoms with Crippen molar-refractivity contribution >= 4 is 11.6 Å². The third-order valence-corrected chi connectivity index (χ3v) is 2.71. The molecule has 1 heterocycles. The number of rotatable bonds is 6. The Bertz CT molecular complexity index is 572. The fraction of sp³-hybridized carbons (Fsp3) is 0.308. The van der Waals surface area contributed by atoms with Crippen LogP contribution in [0.3, 0.4) is 0 Å². The summed E-state index contributed by atoms with van der Waals surface area (Å²) in [5.41, 5.74) is 0.654. The van der Waals surface area contributed by atoms with Gasteiger partial charge in [-0.2, -0.15) is 5.10 Å². The molecular weight excluding hydrogens is 263 g/mol. The zero-order chi connectivity index (χ0) is 14.4. The topological polar surface area (TPSA) is 80.0 Å².